The fraction of sp³-hybridized carbons (Fsp3) is 0.375. The number of aromatic amines is 1. The smallest absolute Gasteiger partial charge is 0.271 e. The highest BCUT2D eigenvalue weighted by atomic mass is 32.1. The number of nitrogens with zero attached hydrogens (tertiary/aromatic N) is 1. The van der Waals surface area contributed by atoms with E-state index in [1.165, 1.54) is 17.6 Å². The van der Waals surface area contributed by atoms with Gasteiger partial charge in [-0.15, -0.1) is 0 Å². The predicted molar refractivity (Wildman–Crippen MR) is 87.5 cm³/mol. The third-order valence-electron chi connectivity index (χ3n) is 4.95. The zero-order chi connectivity index (χ0) is 15.9. The molecule has 0 atom stereocenters. The van der Waals surface area contributed by atoms with Crippen LogP contribution in [0.25, 0.3) is 21.1 Å². The first kappa shape index (κ1) is 13.4. The highest BCUT2D eigenvalue weighted by Gasteiger charge is 2.42. The van der Waals surface area contributed by atoms with Gasteiger partial charge >= 0.3 is 0 Å². The Morgan fingerprint density at radius 2 is 2.04 bits per heavy atom. The van der Waals surface area contributed by atoms with Gasteiger partial charge in [0.1, 0.15) is 16.0 Å². The summed E-state index contributed by atoms with van der Waals surface area (Å²) in [6.45, 7) is 0. The summed E-state index contributed by atoms with van der Waals surface area (Å²) in [5.41, 5.74) is 5.93. The fourth-order valence-corrected chi connectivity index (χ4v) is 4.26. The molecular formula is C16H14FN3O2S. The number of fused-ring (bicyclic) bond motifs is 2. The number of nitrogens with two attached hydrogens (primary N) is 1. The van der Waals surface area contributed by atoms with E-state index in [4.69, 9.17) is 5.73 Å². The number of aromatic nitrogens is 2. The molecule has 5 nitrogen and oxygen atoms in total. The molecule has 2 heterocycles. The van der Waals surface area contributed by atoms with Gasteiger partial charge in [0.2, 0.25) is 5.43 Å². The van der Waals surface area contributed by atoms with Gasteiger partial charge in [-0.05, 0) is 49.3 Å². The molecule has 0 saturated heterocycles. The van der Waals surface area contributed by atoms with Crippen molar-refractivity contribution in [3.63, 3.8) is 0 Å². The van der Waals surface area contributed by atoms with Gasteiger partial charge in [-0.1, -0.05) is 0 Å². The first-order chi connectivity index (χ1) is 11.0. The zero-order valence-electron chi connectivity index (χ0n) is 12.2. The lowest BCUT2D eigenvalue weighted by atomic mass is 10.0. The van der Waals surface area contributed by atoms with E-state index in [0.717, 1.165) is 25.7 Å². The van der Waals surface area contributed by atoms with E-state index < -0.39 is 22.3 Å². The number of pyridine rings is 1. The molecule has 1 aromatic carbocycles. The number of benzene rings is 1. The Kier molecular flexibility index (Phi) is 2.40. The van der Waals surface area contributed by atoms with E-state index in [1.807, 2.05) is 4.57 Å². The zero-order valence-corrected chi connectivity index (χ0v) is 13.0. The number of hydrogen-bond donors (Lipinski definition) is 2. The summed E-state index contributed by atoms with van der Waals surface area (Å²) < 4.78 is 19.2. The van der Waals surface area contributed by atoms with E-state index in [9.17, 15) is 14.0 Å². The topological polar surface area (TPSA) is 80.9 Å². The number of halogens is 1. The minimum absolute atomic E-state index is 0.135. The standard InChI is InChI=1S/C16H14FN3O2S/c17-10-5-8-11(6-9(10)16(18)3-4-16)20(7-1-2-7)15-12(13(8)21)14(22)19-23-15/h5-7H,1-4,18H2,(H,19,22). The quantitative estimate of drug-likeness (QED) is 0.756. The van der Waals surface area contributed by atoms with Crippen LogP contribution < -0.4 is 16.7 Å². The third-order valence-corrected chi connectivity index (χ3v) is 5.84. The summed E-state index contributed by atoms with van der Waals surface area (Å²) in [6.07, 6.45) is 3.50. The minimum atomic E-state index is -0.608. The second-order valence-electron chi connectivity index (χ2n) is 6.65. The highest BCUT2D eigenvalue weighted by Crippen LogP contribution is 2.46. The van der Waals surface area contributed by atoms with E-state index in [1.54, 1.807) is 6.07 Å². The molecule has 2 fully saturated rings. The third kappa shape index (κ3) is 1.74. The molecular weight excluding hydrogens is 317 g/mol. The van der Waals surface area contributed by atoms with Crippen molar-refractivity contribution in [2.24, 2.45) is 5.73 Å². The van der Waals surface area contributed by atoms with E-state index >= 15 is 0 Å². The van der Waals surface area contributed by atoms with Crippen LogP contribution in [0.2, 0.25) is 0 Å². The maximum Gasteiger partial charge on any atom is 0.271 e. The molecule has 118 valence electrons. The maximum absolute atomic E-state index is 14.5. The van der Waals surface area contributed by atoms with Crippen molar-refractivity contribution in [2.45, 2.75) is 37.3 Å². The van der Waals surface area contributed by atoms with Crippen molar-refractivity contribution < 1.29 is 4.39 Å². The first-order valence-electron chi connectivity index (χ1n) is 7.68. The molecule has 23 heavy (non-hydrogen) atoms. The number of hydrogen-bond acceptors (Lipinski definition) is 4. The monoisotopic (exact) mass is 331 g/mol. The van der Waals surface area contributed by atoms with Crippen LogP contribution in [-0.2, 0) is 5.54 Å². The summed E-state index contributed by atoms with van der Waals surface area (Å²) >= 11 is 1.17. The molecule has 2 saturated carbocycles. The van der Waals surface area contributed by atoms with Gasteiger partial charge in [0.15, 0.2) is 0 Å². The molecule has 5 rings (SSSR count). The Morgan fingerprint density at radius 1 is 1.30 bits per heavy atom. The Bertz CT molecular complexity index is 1100. The molecule has 0 radical (unpaired) electrons. The molecule has 0 unspecified atom stereocenters. The second kappa shape index (κ2) is 4.10. The van der Waals surface area contributed by atoms with Crippen LogP contribution in [0.15, 0.2) is 21.7 Å². The van der Waals surface area contributed by atoms with Gasteiger partial charge in [-0.3, -0.25) is 14.0 Å². The largest absolute Gasteiger partial charge is 0.328 e. The summed E-state index contributed by atoms with van der Waals surface area (Å²) in [5.74, 6) is -0.456. The Labute approximate surface area is 133 Å². The lowest BCUT2D eigenvalue weighted by Gasteiger charge is -2.16. The highest BCUT2D eigenvalue weighted by molar-refractivity contribution is 7.12. The molecule has 3 N–H and O–H groups in total. The van der Waals surface area contributed by atoms with Gasteiger partial charge in [-0.2, -0.15) is 0 Å². The van der Waals surface area contributed by atoms with Crippen LogP contribution in [0, 0.1) is 5.82 Å². The molecule has 3 aromatic rings. The SMILES string of the molecule is NC1(c2cc3c(cc2F)c(=O)c2c(=O)[nH]sc2n3C2CC2)CC1. The van der Waals surface area contributed by atoms with E-state index in [0.29, 0.717) is 15.9 Å². The summed E-state index contributed by atoms with van der Waals surface area (Å²) in [4.78, 5) is 25.3. The van der Waals surface area contributed by atoms with Gasteiger partial charge < -0.3 is 10.3 Å². The molecule has 0 aliphatic heterocycles. The summed E-state index contributed by atoms with van der Waals surface area (Å²) in [7, 11) is 0. The average molecular weight is 331 g/mol. The predicted octanol–water partition coefficient (Wildman–Crippen LogP) is 2.33. The molecule has 0 bridgehead atoms. The van der Waals surface area contributed by atoms with Gasteiger partial charge in [0, 0.05) is 22.5 Å². The molecule has 2 aromatic heterocycles. The number of H-pyrrole nitrogens is 1. The molecule has 0 spiro atoms. The average Bonchev–Trinajstić information content (AvgIpc) is 3.42. The van der Waals surface area contributed by atoms with Crippen molar-refractivity contribution in [1.82, 2.24) is 8.94 Å². The van der Waals surface area contributed by atoms with Crippen molar-refractivity contribution in [3.05, 3.63) is 44.1 Å². The van der Waals surface area contributed by atoms with Crippen LogP contribution in [0.3, 0.4) is 0 Å². The molecule has 2 aliphatic rings. The Hall–Kier alpha value is -1.99. The minimum Gasteiger partial charge on any atom is -0.328 e. The van der Waals surface area contributed by atoms with Crippen molar-refractivity contribution in [1.29, 1.82) is 0 Å². The van der Waals surface area contributed by atoms with Crippen molar-refractivity contribution in [3.8, 4) is 0 Å². The van der Waals surface area contributed by atoms with Crippen LogP contribution in [-0.4, -0.2) is 8.94 Å². The fourth-order valence-electron chi connectivity index (χ4n) is 3.33. The first-order valence-corrected chi connectivity index (χ1v) is 8.49. The van der Waals surface area contributed by atoms with E-state index in [2.05, 4.69) is 4.37 Å². The van der Waals surface area contributed by atoms with Crippen molar-refractivity contribution in [2.75, 3.05) is 0 Å². The lowest BCUT2D eigenvalue weighted by molar-refractivity contribution is 0.579. The van der Waals surface area contributed by atoms with Crippen LogP contribution >= 0.6 is 11.5 Å². The lowest BCUT2D eigenvalue weighted by Crippen LogP contribution is -2.22. The van der Waals surface area contributed by atoms with E-state index in [-0.39, 0.29) is 16.8 Å². The normalized spacial score (nSPS) is 19.6. The number of nitrogens with one attached hydrogen (secondary N) is 1. The Balaban J connectivity index is 2.00. The number of rotatable bonds is 2. The van der Waals surface area contributed by atoms with Gasteiger partial charge in [-0.25, -0.2) is 4.39 Å². The summed E-state index contributed by atoms with van der Waals surface area (Å²) in [6, 6.07) is 3.24. The van der Waals surface area contributed by atoms with Gasteiger partial charge in [0.05, 0.1) is 5.52 Å². The van der Waals surface area contributed by atoms with Gasteiger partial charge in [0.25, 0.3) is 5.56 Å². The van der Waals surface area contributed by atoms with Crippen LogP contribution in [0.4, 0.5) is 4.39 Å². The Morgan fingerprint density at radius 3 is 2.70 bits per heavy atom. The summed E-state index contributed by atoms with van der Waals surface area (Å²) in [5, 5.41) is 0.397. The van der Waals surface area contributed by atoms with Crippen LogP contribution in [0.5, 0.6) is 0 Å². The molecule has 7 heteroatoms. The van der Waals surface area contributed by atoms with Crippen molar-refractivity contribution >= 4 is 32.7 Å². The van der Waals surface area contributed by atoms with Crippen LogP contribution in [0.1, 0.15) is 37.3 Å². The molecule has 0 amide bonds. The maximum atomic E-state index is 14.5. The molecule has 2 aliphatic carbocycles. The second-order valence-corrected chi connectivity index (χ2v) is 7.44.